The topological polar surface area (TPSA) is 21.7 Å². The Hall–Kier alpha value is -1.32. The van der Waals surface area contributed by atoms with Crippen LogP contribution in [0.2, 0.25) is 0 Å². The summed E-state index contributed by atoms with van der Waals surface area (Å²) >= 11 is 0. The summed E-state index contributed by atoms with van der Waals surface area (Å²) in [6.07, 6.45) is 4.50. The summed E-state index contributed by atoms with van der Waals surface area (Å²) in [5, 5.41) is 0. The minimum Gasteiger partial charge on any atom is -0.493 e. The van der Waals surface area contributed by atoms with Crippen LogP contribution < -0.4 is 4.74 Å². The molecular formula is C19H29NO2. The van der Waals surface area contributed by atoms with Gasteiger partial charge in [0.2, 0.25) is 0 Å². The number of morpholine rings is 1. The van der Waals surface area contributed by atoms with E-state index in [4.69, 9.17) is 9.47 Å². The van der Waals surface area contributed by atoms with Gasteiger partial charge in [-0.3, -0.25) is 4.90 Å². The second-order valence-corrected chi connectivity index (χ2v) is 6.32. The molecule has 2 rings (SSSR count). The van der Waals surface area contributed by atoms with Gasteiger partial charge < -0.3 is 9.47 Å². The van der Waals surface area contributed by atoms with E-state index in [1.807, 2.05) is 6.08 Å². The van der Waals surface area contributed by atoms with E-state index in [0.717, 1.165) is 44.8 Å². The van der Waals surface area contributed by atoms with Gasteiger partial charge in [-0.15, -0.1) is 6.58 Å². The fourth-order valence-electron chi connectivity index (χ4n) is 3.10. The SMILES string of the molecule is C=CCc1cc(C)ccc1OCCCN1C[C@@H](C)O[C@H](C)C1. The average molecular weight is 303 g/mol. The smallest absolute Gasteiger partial charge is 0.122 e. The number of aryl methyl sites for hydroxylation is 1. The summed E-state index contributed by atoms with van der Waals surface area (Å²) in [7, 11) is 0. The van der Waals surface area contributed by atoms with Gasteiger partial charge in [-0.25, -0.2) is 0 Å². The van der Waals surface area contributed by atoms with Crippen molar-refractivity contribution in [2.24, 2.45) is 0 Å². The van der Waals surface area contributed by atoms with Crippen LogP contribution in [0.3, 0.4) is 0 Å². The number of benzene rings is 1. The van der Waals surface area contributed by atoms with Crippen LogP contribution in [0.1, 0.15) is 31.4 Å². The highest BCUT2D eigenvalue weighted by Gasteiger charge is 2.21. The van der Waals surface area contributed by atoms with Gasteiger partial charge in [-0.1, -0.05) is 23.8 Å². The lowest BCUT2D eigenvalue weighted by molar-refractivity contribution is -0.0686. The number of hydrogen-bond donors (Lipinski definition) is 0. The van der Waals surface area contributed by atoms with E-state index in [-0.39, 0.29) is 0 Å². The molecule has 1 aliphatic rings. The maximum Gasteiger partial charge on any atom is 0.122 e. The average Bonchev–Trinajstić information content (AvgIpc) is 2.45. The molecule has 0 aliphatic carbocycles. The maximum absolute atomic E-state index is 5.98. The van der Waals surface area contributed by atoms with E-state index in [1.165, 1.54) is 11.1 Å². The molecule has 3 heteroatoms. The van der Waals surface area contributed by atoms with Crippen LogP contribution in [0.5, 0.6) is 5.75 Å². The first-order valence-electron chi connectivity index (χ1n) is 8.29. The zero-order chi connectivity index (χ0) is 15.9. The molecule has 0 amide bonds. The van der Waals surface area contributed by atoms with Crippen molar-refractivity contribution in [2.45, 2.75) is 45.8 Å². The molecule has 22 heavy (non-hydrogen) atoms. The van der Waals surface area contributed by atoms with Crippen molar-refractivity contribution in [1.82, 2.24) is 4.90 Å². The third-order valence-corrected chi connectivity index (χ3v) is 3.95. The Bertz CT molecular complexity index is 476. The van der Waals surface area contributed by atoms with Crippen LogP contribution in [-0.2, 0) is 11.2 Å². The molecule has 1 aliphatic heterocycles. The quantitative estimate of drug-likeness (QED) is 0.567. The van der Waals surface area contributed by atoms with Crippen molar-refractivity contribution in [3.63, 3.8) is 0 Å². The Labute approximate surface area is 134 Å². The molecule has 1 heterocycles. The molecule has 3 nitrogen and oxygen atoms in total. The molecule has 0 aromatic heterocycles. The minimum atomic E-state index is 0.334. The van der Waals surface area contributed by atoms with Gasteiger partial charge in [0, 0.05) is 19.6 Å². The highest BCUT2D eigenvalue weighted by molar-refractivity contribution is 5.38. The van der Waals surface area contributed by atoms with Crippen LogP contribution in [0.4, 0.5) is 0 Å². The molecular weight excluding hydrogens is 274 g/mol. The van der Waals surface area contributed by atoms with E-state index in [2.05, 4.69) is 50.4 Å². The Balaban J connectivity index is 1.78. The van der Waals surface area contributed by atoms with E-state index in [9.17, 15) is 0 Å². The van der Waals surface area contributed by atoms with Gasteiger partial charge in [-0.05, 0) is 45.2 Å². The van der Waals surface area contributed by atoms with Crippen LogP contribution >= 0.6 is 0 Å². The first kappa shape index (κ1) is 17.0. The molecule has 1 aromatic carbocycles. The van der Waals surface area contributed by atoms with Gasteiger partial charge in [0.05, 0.1) is 18.8 Å². The summed E-state index contributed by atoms with van der Waals surface area (Å²) in [6, 6.07) is 6.36. The molecule has 1 saturated heterocycles. The van der Waals surface area contributed by atoms with Crippen molar-refractivity contribution in [3.8, 4) is 5.75 Å². The highest BCUT2D eigenvalue weighted by atomic mass is 16.5. The second-order valence-electron chi connectivity index (χ2n) is 6.32. The lowest BCUT2D eigenvalue weighted by Crippen LogP contribution is -2.45. The number of rotatable bonds is 7. The zero-order valence-corrected chi connectivity index (χ0v) is 14.2. The largest absolute Gasteiger partial charge is 0.493 e. The van der Waals surface area contributed by atoms with Crippen molar-refractivity contribution in [2.75, 3.05) is 26.2 Å². The number of hydrogen-bond acceptors (Lipinski definition) is 3. The monoisotopic (exact) mass is 303 g/mol. The Kier molecular flexibility index (Phi) is 6.47. The number of allylic oxidation sites excluding steroid dienone is 1. The third kappa shape index (κ3) is 5.15. The van der Waals surface area contributed by atoms with E-state index in [1.54, 1.807) is 0 Å². The van der Waals surface area contributed by atoms with Crippen LogP contribution in [0.15, 0.2) is 30.9 Å². The lowest BCUT2D eigenvalue weighted by atomic mass is 10.1. The minimum absolute atomic E-state index is 0.334. The maximum atomic E-state index is 5.98. The summed E-state index contributed by atoms with van der Waals surface area (Å²) in [5.41, 5.74) is 2.49. The molecule has 1 aromatic rings. The first-order valence-corrected chi connectivity index (χ1v) is 8.29. The van der Waals surface area contributed by atoms with Gasteiger partial charge in [0.25, 0.3) is 0 Å². The Morgan fingerprint density at radius 3 is 2.73 bits per heavy atom. The van der Waals surface area contributed by atoms with E-state index in [0.29, 0.717) is 12.2 Å². The summed E-state index contributed by atoms with van der Waals surface area (Å²) in [5.74, 6) is 0.995. The predicted molar refractivity (Wildman–Crippen MR) is 91.6 cm³/mol. The Morgan fingerprint density at radius 2 is 2.05 bits per heavy atom. The van der Waals surface area contributed by atoms with Crippen LogP contribution in [-0.4, -0.2) is 43.3 Å². The van der Waals surface area contributed by atoms with Gasteiger partial charge in [0.15, 0.2) is 0 Å². The lowest BCUT2D eigenvalue weighted by Gasteiger charge is -2.35. The normalized spacial score (nSPS) is 22.5. The second kappa shape index (κ2) is 8.35. The molecule has 2 atom stereocenters. The molecule has 0 bridgehead atoms. The van der Waals surface area contributed by atoms with E-state index < -0.39 is 0 Å². The summed E-state index contributed by atoms with van der Waals surface area (Å²) in [4.78, 5) is 2.47. The fourth-order valence-corrected chi connectivity index (χ4v) is 3.10. The van der Waals surface area contributed by atoms with Crippen molar-refractivity contribution in [3.05, 3.63) is 42.0 Å². The third-order valence-electron chi connectivity index (χ3n) is 3.95. The van der Waals surface area contributed by atoms with Crippen LogP contribution in [0.25, 0.3) is 0 Å². The van der Waals surface area contributed by atoms with Gasteiger partial charge in [-0.2, -0.15) is 0 Å². The van der Waals surface area contributed by atoms with Gasteiger partial charge >= 0.3 is 0 Å². The highest BCUT2D eigenvalue weighted by Crippen LogP contribution is 2.21. The molecule has 0 N–H and O–H groups in total. The molecule has 0 unspecified atom stereocenters. The summed E-state index contributed by atoms with van der Waals surface area (Å²) < 4.78 is 11.7. The zero-order valence-electron chi connectivity index (χ0n) is 14.2. The molecule has 0 saturated carbocycles. The standard InChI is InChI=1S/C19H29NO2/c1-5-7-18-12-15(2)8-9-19(18)21-11-6-10-20-13-16(3)22-17(4)14-20/h5,8-9,12,16-17H,1,6-7,10-11,13-14H2,2-4H3/t16-,17-/m1/s1. The molecule has 122 valence electrons. The number of nitrogens with zero attached hydrogens (tertiary/aromatic N) is 1. The van der Waals surface area contributed by atoms with Crippen molar-refractivity contribution in [1.29, 1.82) is 0 Å². The van der Waals surface area contributed by atoms with Crippen molar-refractivity contribution >= 4 is 0 Å². The summed E-state index contributed by atoms with van der Waals surface area (Å²) in [6.45, 7) is 14.1. The predicted octanol–water partition coefficient (Wildman–Crippen LogP) is 3.60. The Morgan fingerprint density at radius 1 is 1.32 bits per heavy atom. The first-order chi connectivity index (χ1) is 10.6. The number of ether oxygens (including phenoxy) is 2. The molecule has 0 spiro atoms. The van der Waals surface area contributed by atoms with E-state index >= 15 is 0 Å². The fraction of sp³-hybridized carbons (Fsp3) is 0.579. The molecule has 0 radical (unpaired) electrons. The van der Waals surface area contributed by atoms with Crippen molar-refractivity contribution < 1.29 is 9.47 Å². The van der Waals surface area contributed by atoms with Gasteiger partial charge in [0.1, 0.15) is 5.75 Å². The molecule has 1 fully saturated rings. The van der Waals surface area contributed by atoms with Crippen LogP contribution in [0, 0.1) is 6.92 Å².